The minimum absolute atomic E-state index is 0.182. The zero-order chi connectivity index (χ0) is 15.9. The van der Waals surface area contributed by atoms with Crippen molar-refractivity contribution in [3.8, 4) is 11.5 Å². The molecule has 0 saturated carbocycles. The Labute approximate surface area is 140 Å². The minimum Gasteiger partial charge on any atom is -0.506 e. The van der Waals surface area contributed by atoms with Crippen LogP contribution in [0.1, 0.15) is 0 Å². The van der Waals surface area contributed by atoms with Gasteiger partial charge in [-0.05, 0) is 12.1 Å². The summed E-state index contributed by atoms with van der Waals surface area (Å²) in [5, 5.41) is 18.0. The van der Waals surface area contributed by atoms with Crippen molar-refractivity contribution < 1.29 is 18.6 Å². The highest BCUT2D eigenvalue weighted by molar-refractivity contribution is 7.91. The van der Waals surface area contributed by atoms with E-state index in [0.29, 0.717) is 0 Å². The molecule has 0 aliphatic rings. The van der Waals surface area contributed by atoms with Crippen molar-refractivity contribution in [1.29, 1.82) is 0 Å². The van der Waals surface area contributed by atoms with Crippen molar-refractivity contribution in [2.45, 2.75) is 9.79 Å². The van der Waals surface area contributed by atoms with Gasteiger partial charge in [0, 0.05) is 12.1 Å². The van der Waals surface area contributed by atoms with E-state index in [1.165, 1.54) is 0 Å². The predicted octanol–water partition coefficient (Wildman–Crippen LogP) is 4.54. The van der Waals surface area contributed by atoms with Gasteiger partial charge in [-0.3, -0.25) is 0 Å². The summed E-state index contributed by atoms with van der Waals surface area (Å²) in [6.07, 6.45) is 0. The van der Waals surface area contributed by atoms with Crippen LogP contribution >= 0.6 is 46.4 Å². The van der Waals surface area contributed by atoms with Crippen LogP contribution in [0.15, 0.2) is 34.1 Å². The van der Waals surface area contributed by atoms with Crippen LogP contribution in [0.25, 0.3) is 0 Å². The average Bonchev–Trinajstić information content (AvgIpc) is 2.37. The lowest BCUT2D eigenvalue weighted by Crippen LogP contribution is -2.04. The van der Waals surface area contributed by atoms with Crippen LogP contribution in [-0.2, 0) is 9.84 Å². The number of hydrogen-bond donors (Lipinski definition) is 2. The van der Waals surface area contributed by atoms with Crippen molar-refractivity contribution in [2.75, 3.05) is 0 Å². The lowest BCUT2D eigenvalue weighted by molar-refractivity contribution is 0.475. The molecule has 0 bridgehead atoms. The molecule has 0 unspecified atom stereocenters. The van der Waals surface area contributed by atoms with E-state index in [2.05, 4.69) is 0 Å². The summed E-state index contributed by atoms with van der Waals surface area (Å²) in [5.41, 5.74) is 0. The molecule has 0 aliphatic carbocycles. The standard InChI is InChI=1S/C12H6Cl4O4S/c13-5-3-11(7(15)1-9(5)17)21(19,20)12-4-6(14)10(18)2-8(12)16/h1-4,17-18H. The summed E-state index contributed by atoms with van der Waals surface area (Å²) < 4.78 is 25.1. The fourth-order valence-electron chi connectivity index (χ4n) is 1.57. The SMILES string of the molecule is O=S(=O)(c1cc(Cl)c(O)cc1Cl)c1cc(Cl)c(O)cc1Cl. The third kappa shape index (κ3) is 3.03. The van der Waals surface area contributed by atoms with Gasteiger partial charge in [0.15, 0.2) is 0 Å². The van der Waals surface area contributed by atoms with E-state index in [9.17, 15) is 18.6 Å². The Kier molecular flexibility index (Phi) is 4.52. The summed E-state index contributed by atoms with van der Waals surface area (Å²) in [4.78, 5) is -0.675. The average molecular weight is 388 g/mol. The zero-order valence-electron chi connectivity index (χ0n) is 9.94. The molecule has 0 radical (unpaired) electrons. The summed E-state index contributed by atoms with van der Waals surface area (Å²) in [7, 11) is -4.13. The third-order valence-electron chi connectivity index (χ3n) is 2.58. The highest BCUT2D eigenvalue weighted by Gasteiger charge is 2.26. The second-order valence-electron chi connectivity index (χ2n) is 3.97. The smallest absolute Gasteiger partial charge is 0.209 e. The van der Waals surface area contributed by atoms with Crippen molar-refractivity contribution in [2.24, 2.45) is 0 Å². The molecular formula is C12H6Cl4O4S. The van der Waals surface area contributed by atoms with Crippen LogP contribution in [-0.4, -0.2) is 18.6 Å². The maximum absolute atomic E-state index is 12.6. The lowest BCUT2D eigenvalue weighted by atomic mass is 10.3. The van der Waals surface area contributed by atoms with Crippen LogP contribution in [0.2, 0.25) is 20.1 Å². The number of rotatable bonds is 2. The fraction of sp³-hybridized carbons (Fsp3) is 0. The van der Waals surface area contributed by atoms with Crippen molar-refractivity contribution in [3.05, 3.63) is 44.4 Å². The summed E-state index contributed by atoms with van der Waals surface area (Å²) in [5.74, 6) is -0.703. The Balaban J connectivity index is 2.74. The first-order valence-corrected chi connectivity index (χ1v) is 8.25. The normalized spacial score (nSPS) is 11.6. The predicted molar refractivity (Wildman–Crippen MR) is 81.7 cm³/mol. The van der Waals surface area contributed by atoms with Crippen molar-refractivity contribution in [1.82, 2.24) is 0 Å². The van der Waals surface area contributed by atoms with Gasteiger partial charge in [-0.15, -0.1) is 0 Å². The van der Waals surface area contributed by atoms with Crippen LogP contribution in [0, 0.1) is 0 Å². The molecule has 4 nitrogen and oxygen atoms in total. The van der Waals surface area contributed by atoms with E-state index in [-0.39, 0.29) is 41.4 Å². The number of aromatic hydroxyl groups is 2. The van der Waals surface area contributed by atoms with Gasteiger partial charge < -0.3 is 10.2 Å². The number of phenolic OH excluding ortho intramolecular Hbond substituents is 2. The highest BCUT2D eigenvalue weighted by atomic mass is 35.5. The minimum atomic E-state index is -4.13. The first-order chi connectivity index (χ1) is 9.64. The Bertz CT molecular complexity index is 770. The quantitative estimate of drug-likeness (QED) is 0.792. The zero-order valence-corrected chi connectivity index (χ0v) is 13.8. The number of halogens is 4. The van der Waals surface area contributed by atoms with Crippen LogP contribution in [0.4, 0.5) is 0 Å². The second-order valence-corrected chi connectivity index (χ2v) is 7.49. The van der Waals surface area contributed by atoms with Gasteiger partial charge in [0.25, 0.3) is 0 Å². The van der Waals surface area contributed by atoms with E-state index in [1.54, 1.807) is 0 Å². The van der Waals surface area contributed by atoms with Crippen LogP contribution in [0.3, 0.4) is 0 Å². The van der Waals surface area contributed by atoms with Crippen molar-refractivity contribution in [3.63, 3.8) is 0 Å². The van der Waals surface area contributed by atoms with Crippen LogP contribution < -0.4 is 0 Å². The number of phenols is 2. The molecule has 112 valence electrons. The largest absolute Gasteiger partial charge is 0.506 e. The van der Waals surface area contributed by atoms with Gasteiger partial charge in [-0.2, -0.15) is 0 Å². The van der Waals surface area contributed by atoms with Gasteiger partial charge in [0.2, 0.25) is 9.84 Å². The topological polar surface area (TPSA) is 74.6 Å². The maximum Gasteiger partial charge on any atom is 0.209 e. The molecule has 0 aliphatic heterocycles. The Hall–Kier alpha value is -0.850. The fourth-order valence-corrected chi connectivity index (χ4v) is 4.36. The van der Waals surface area contributed by atoms with Gasteiger partial charge >= 0.3 is 0 Å². The van der Waals surface area contributed by atoms with Crippen LogP contribution in [0.5, 0.6) is 11.5 Å². The Morgan fingerprint density at radius 1 is 0.667 bits per heavy atom. The van der Waals surface area contributed by atoms with E-state index >= 15 is 0 Å². The Morgan fingerprint density at radius 3 is 1.33 bits per heavy atom. The van der Waals surface area contributed by atoms with Gasteiger partial charge in [-0.25, -0.2) is 8.42 Å². The van der Waals surface area contributed by atoms with E-state index in [0.717, 1.165) is 24.3 Å². The molecule has 0 spiro atoms. The molecular weight excluding hydrogens is 382 g/mol. The summed E-state index contributed by atoms with van der Waals surface area (Å²) in [6.45, 7) is 0. The van der Waals surface area contributed by atoms with Gasteiger partial charge in [0.1, 0.15) is 11.5 Å². The summed E-state index contributed by atoms with van der Waals surface area (Å²) >= 11 is 23.1. The molecule has 2 N–H and O–H groups in total. The molecule has 2 rings (SSSR count). The molecule has 0 heterocycles. The third-order valence-corrected chi connectivity index (χ3v) is 5.87. The molecule has 0 fully saturated rings. The monoisotopic (exact) mass is 386 g/mol. The molecule has 21 heavy (non-hydrogen) atoms. The molecule has 0 amide bonds. The van der Waals surface area contributed by atoms with Gasteiger partial charge in [0.05, 0.1) is 29.9 Å². The number of hydrogen-bond acceptors (Lipinski definition) is 4. The first kappa shape index (κ1) is 16.5. The van der Waals surface area contributed by atoms with Crippen molar-refractivity contribution >= 4 is 56.2 Å². The van der Waals surface area contributed by atoms with E-state index in [4.69, 9.17) is 46.4 Å². The number of sulfone groups is 1. The van der Waals surface area contributed by atoms with E-state index in [1.807, 2.05) is 0 Å². The first-order valence-electron chi connectivity index (χ1n) is 5.25. The Morgan fingerprint density at radius 2 is 1.00 bits per heavy atom. The molecule has 2 aromatic rings. The number of benzene rings is 2. The summed E-state index contributed by atoms with van der Waals surface area (Å²) in [6, 6.07) is 4.02. The molecule has 0 saturated heterocycles. The second kappa shape index (κ2) is 5.74. The van der Waals surface area contributed by atoms with E-state index < -0.39 is 9.84 Å². The lowest BCUT2D eigenvalue weighted by Gasteiger charge is -2.10. The highest BCUT2D eigenvalue weighted by Crippen LogP contribution is 2.39. The molecule has 0 aromatic heterocycles. The molecule has 2 aromatic carbocycles. The molecule has 0 atom stereocenters. The molecule has 9 heteroatoms. The van der Waals surface area contributed by atoms with Gasteiger partial charge in [-0.1, -0.05) is 46.4 Å². The maximum atomic E-state index is 12.6.